The van der Waals surface area contributed by atoms with Crippen molar-refractivity contribution in [2.45, 2.75) is 28.7 Å². The van der Waals surface area contributed by atoms with Crippen LogP contribution < -0.4 is 15.0 Å². The van der Waals surface area contributed by atoms with Crippen molar-refractivity contribution in [3.63, 3.8) is 0 Å². The number of nitrogens with two attached hydrogens (primary N) is 2. The minimum Gasteiger partial charge on any atom is -0.487 e. The summed E-state index contributed by atoms with van der Waals surface area (Å²) >= 11 is 0. The second kappa shape index (κ2) is 4.16. The van der Waals surface area contributed by atoms with Gasteiger partial charge in [-0.3, -0.25) is 4.98 Å². The number of nitrogens with zero attached hydrogens (tertiary/aromatic N) is 1. The number of ether oxygens (including phenoxy) is 1. The standard InChI is InChI=1S/C8H11N3O5S2/c9-17(12,13)6-3-11-4-7(18(10,14)15)8(6)16-5-1-2-5/h3-5H,1-2H2,(H2,9,12,13)(H2,10,14,15). The zero-order valence-corrected chi connectivity index (χ0v) is 10.7. The first kappa shape index (κ1) is 13.2. The highest BCUT2D eigenvalue weighted by Gasteiger charge is 2.31. The van der Waals surface area contributed by atoms with Gasteiger partial charge in [-0.25, -0.2) is 27.1 Å². The zero-order chi connectivity index (χ0) is 13.6. The van der Waals surface area contributed by atoms with E-state index in [2.05, 4.69) is 4.98 Å². The Morgan fingerprint density at radius 3 is 1.83 bits per heavy atom. The first-order valence-electron chi connectivity index (χ1n) is 4.90. The van der Waals surface area contributed by atoms with Gasteiger partial charge in [0, 0.05) is 0 Å². The average Bonchev–Trinajstić information content (AvgIpc) is 2.98. The van der Waals surface area contributed by atoms with E-state index in [-0.39, 0.29) is 11.9 Å². The largest absolute Gasteiger partial charge is 0.487 e. The minimum atomic E-state index is -4.14. The van der Waals surface area contributed by atoms with Crippen LogP contribution in [-0.4, -0.2) is 27.9 Å². The molecule has 18 heavy (non-hydrogen) atoms. The Morgan fingerprint density at radius 2 is 1.50 bits per heavy atom. The van der Waals surface area contributed by atoms with Crippen molar-refractivity contribution in [1.82, 2.24) is 4.98 Å². The van der Waals surface area contributed by atoms with Gasteiger partial charge in [-0.2, -0.15) is 0 Å². The van der Waals surface area contributed by atoms with Crippen LogP contribution in [0.1, 0.15) is 12.8 Å². The summed E-state index contributed by atoms with van der Waals surface area (Å²) in [5.74, 6) is -0.350. The Kier molecular flexibility index (Phi) is 3.05. The molecule has 10 heteroatoms. The summed E-state index contributed by atoms with van der Waals surface area (Å²) in [6.45, 7) is 0. The normalized spacial score (nSPS) is 16.6. The molecule has 0 saturated heterocycles. The maximum atomic E-state index is 11.4. The molecule has 0 bridgehead atoms. The van der Waals surface area contributed by atoms with Crippen LogP contribution in [0.5, 0.6) is 5.75 Å². The molecule has 100 valence electrons. The molecule has 1 aromatic rings. The first-order valence-corrected chi connectivity index (χ1v) is 7.99. The fraction of sp³-hybridized carbons (Fsp3) is 0.375. The van der Waals surface area contributed by atoms with E-state index in [9.17, 15) is 16.8 Å². The third kappa shape index (κ3) is 2.77. The van der Waals surface area contributed by atoms with Crippen molar-refractivity contribution in [2.24, 2.45) is 10.3 Å². The maximum absolute atomic E-state index is 11.4. The quantitative estimate of drug-likeness (QED) is 0.722. The predicted octanol–water partition coefficient (Wildman–Crippen LogP) is -1.08. The van der Waals surface area contributed by atoms with E-state index in [4.69, 9.17) is 15.0 Å². The lowest BCUT2D eigenvalue weighted by Crippen LogP contribution is -2.19. The summed E-state index contributed by atoms with van der Waals surface area (Å²) in [5.41, 5.74) is 0. The highest BCUT2D eigenvalue weighted by molar-refractivity contribution is 7.90. The number of rotatable bonds is 4. The summed E-state index contributed by atoms with van der Waals surface area (Å²) in [5, 5.41) is 9.96. The maximum Gasteiger partial charge on any atom is 0.243 e. The highest BCUT2D eigenvalue weighted by atomic mass is 32.2. The molecule has 2 rings (SSSR count). The number of hydrogen-bond donors (Lipinski definition) is 2. The van der Waals surface area contributed by atoms with E-state index < -0.39 is 29.8 Å². The van der Waals surface area contributed by atoms with E-state index >= 15 is 0 Å². The molecule has 1 aromatic heterocycles. The zero-order valence-electron chi connectivity index (χ0n) is 9.11. The Hall–Kier alpha value is -1.23. The van der Waals surface area contributed by atoms with E-state index in [0.717, 1.165) is 25.2 Å². The van der Waals surface area contributed by atoms with E-state index in [1.165, 1.54) is 0 Å². The monoisotopic (exact) mass is 293 g/mol. The van der Waals surface area contributed by atoms with Gasteiger partial charge in [0.1, 0.15) is 9.79 Å². The van der Waals surface area contributed by atoms with Gasteiger partial charge in [0.05, 0.1) is 18.5 Å². The molecule has 1 heterocycles. The van der Waals surface area contributed by atoms with Crippen LogP contribution in [0.15, 0.2) is 22.2 Å². The second-order valence-electron chi connectivity index (χ2n) is 3.87. The first-order chi connectivity index (χ1) is 8.19. The van der Waals surface area contributed by atoms with E-state index in [1.807, 2.05) is 0 Å². The van der Waals surface area contributed by atoms with Crippen LogP contribution >= 0.6 is 0 Å². The summed E-state index contributed by atoms with van der Waals surface area (Å²) in [6, 6.07) is 0. The van der Waals surface area contributed by atoms with Crippen molar-refractivity contribution in [3.8, 4) is 5.75 Å². The van der Waals surface area contributed by atoms with Gasteiger partial charge >= 0.3 is 0 Å². The molecule has 0 spiro atoms. The molecule has 0 aliphatic heterocycles. The van der Waals surface area contributed by atoms with Crippen LogP contribution in [0.3, 0.4) is 0 Å². The Balaban J connectivity index is 2.67. The van der Waals surface area contributed by atoms with Crippen molar-refractivity contribution in [1.29, 1.82) is 0 Å². The lowest BCUT2D eigenvalue weighted by Gasteiger charge is -2.12. The second-order valence-corrected chi connectivity index (χ2v) is 6.93. The number of aromatic nitrogens is 1. The van der Waals surface area contributed by atoms with Gasteiger partial charge in [-0.05, 0) is 12.8 Å². The van der Waals surface area contributed by atoms with Gasteiger partial charge in [0.15, 0.2) is 5.75 Å². The molecule has 1 fully saturated rings. The summed E-state index contributed by atoms with van der Waals surface area (Å²) in [4.78, 5) is 2.54. The highest BCUT2D eigenvalue weighted by Crippen LogP contribution is 2.34. The number of pyridine rings is 1. The number of primary sulfonamides is 2. The van der Waals surface area contributed by atoms with E-state index in [1.54, 1.807) is 0 Å². The van der Waals surface area contributed by atoms with Crippen molar-refractivity contribution in [3.05, 3.63) is 12.4 Å². The molecular formula is C8H11N3O5S2. The topological polar surface area (TPSA) is 142 Å². The van der Waals surface area contributed by atoms with Crippen molar-refractivity contribution in [2.75, 3.05) is 0 Å². The summed E-state index contributed by atoms with van der Waals surface area (Å²) in [7, 11) is -8.28. The minimum absolute atomic E-state index is 0.214. The Morgan fingerprint density at radius 1 is 1.06 bits per heavy atom. The molecule has 0 radical (unpaired) electrons. The number of sulfonamides is 2. The van der Waals surface area contributed by atoms with Gasteiger partial charge in [0.2, 0.25) is 20.0 Å². The summed E-state index contributed by atoms with van der Waals surface area (Å²) in [6.07, 6.45) is 3.09. The molecule has 1 aliphatic rings. The summed E-state index contributed by atoms with van der Waals surface area (Å²) < 4.78 is 50.7. The van der Waals surface area contributed by atoms with Crippen LogP contribution in [0.4, 0.5) is 0 Å². The third-order valence-corrected chi connectivity index (χ3v) is 4.06. The molecule has 1 aliphatic carbocycles. The average molecular weight is 293 g/mol. The fourth-order valence-corrected chi connectivity index (χ4v) is 2.60. The van der Waals surface area contributed by atoms with Gasteiger partial charge in [-0.15, -0.1) is 0 Å². The molecule has 4 N–H and O–H groups in total. The molecule has 1 saturated carbocycles. The molecule has 8 nitrogen and oxygen atoms in total. The molecule has 0 atom stereocenters. The number of hydrogen-bond acceptors (Lipinski definition) is 6. The lowest BCUT2D eigenvalue weighted by atomic mass is 10.4. The van der Waals surface area contributed by atoms with Gasteiger partial charge in [0.25, 0.3) is 0 Å². The predicted molar refractivity (Wildman–Crippen MR) is 60.6 cm³/mol. The molecule has 0 aromatic carbocycles. The van der Waals surface area contributed by atoms with Crippen LogP contribution in [0.25, 0.3) is 0 Å². The van der Waals surface area contributed by atoms with Crippen molar-refractivity contribution >= 4 is 20.0 Å². The van der Waals surface area contributed by atoms with Crippen molar-refractivity contribution < 1.29 is 21.6 Å². The smallest absolute Gasteiger partial charge is 0.243 e. The van der Waals surface area contributed by atoms with E-state index in [0.29, 0.717) is 0 Å². The molecular weight excluding hydrogens is 282 g/mol. The fourth-order valence-electron chi connectivity index (χ4n) is 1.29. The SMILES string of the molecule is NS(=O)(=O)c1cncc(S(N)(=O)=O)c1OC1CC1. The van der Waals surface area contributed by atoms with Gasteiger partial charge < -0.3 is 4.74 Å². The molecule has 0 amide bonds. The Bertz CT molecular complexity index is 628. The van der Waals surface area contributed by atoms with Crippen LogP contribution in [0.2, 0.25) is 0 Å². The van der Waals surface area contributed by atoms with Crippen LogP contribution in [-0.2, 0) is 20.0 Å². The van der Waals surface area contributed by atoms with Gasteiger partial charge in [-0.1, -0.05) is 0 Å². The Labute approximate surface area is 104 Å². The third-order valence-electron chi connectivity index (χ3n) is 2.25. The lowest BCUT2D eigenvalue weighted by molar-refractivity contribution is 0.286. The van der Waals surface area contributed by atoms with Crippen LogP contribution in [0, 0.1) is 0 Å². The molecule has 0 unspecified atom stereocenters.